The molecule has 0 unspecified atom stereocenters. The minimum Gasteiger partial charge on any atom is -0.368 e. The Morgan fingerprint density at radius 2 is 1.78 bits per heavy atom. The Labute approximate surface area is 158 Å². The van der Waals surface area contributed by atoms with Gasteiger partial charge in [-0.2, -0.15) is 0 Å². The highest BCUT2D eigenvalue weighted by Gasteiger charge is 2.05. The van der Waals surface area contributed by atoms with E-state index in [1.165, 1.54) is 0 Å². The first kappa shape index (κ1) is 18.3. The molecule has 2 aromatic heterocycles. The first-order chi connectivity index (χ1) is 13.1. The van der Waals surface area contributed by atoms with Crippen LogP contribution in [-0.4, -0.2) is 33.9 Å². The number of carbonyl (C=O) groups excluding carboxylic acids is 1. The summed E-state index contributed by atoms with van der Waals surface area (Å²) in [6, 6.07) is 14.9. The first-order valence-electron chi connectivity index (χ1n) is 8.72. The number of nitrogens with one attached hydrogen (secondary N) is 3. The highest BCUT2D eigenvalue weighted by Crippen LogP contribution is 2.15. The van der Waals surface area contributed by atoms with Crippen LogP contribution in [0.2, 0.25) is 0 Å². The Hall–Kier alpha value is -3.48. The first-order valence-corrected chi connectivity index (χ1v) is 8.72. The molecule has 7 heteroatoms. The van der Waals surface area contributed by atoms with Crippen LogP contribution in [0.3, 0.4) is 0 Å². The molecule has 3 aromatic rings. The number of carbonyl (C=O) groups is 1. The lowest BCUT2D eigenvalue weighted by atomic mass is 10.1. The lowest BCUT2D eigenvalue weighted by Crippen LogP contribution is -2.29. The van der Waals surface area contributed by atoms with E-state index in [2.05, 4.69) is 30.9 Å². The minimum atomic E-state index is -0.0862. The summed E-state index contributed by atoms with van der Waals surface area (Å²) in [5.74, 6) is 2.62. The summed E-state index contributed by atoms with van der Waals surface area (Å²) in [7, 11) is 0. The summed E-state index contributed by atoms with van der Waals surface area (Å²) in [5, 5.41) is 9.25. The van der Waals surface area contributed by atoms with Gasteiger partial charge < -0.3 is 16.0 Å². The molecule has 0 aliphatic carbocycles. The predicted molar refractivity (Wildman–Crippen MR) is 106 cm³/mol. The highest BCUT2D eigenvalue weighted by atomic mass is 16.1. The lowest BCUT2D eigenvalue weighted by molar-refractivity contribution is 0.0955. The highest BCUT2D eigenvalue weighted by molar-refractivity contribution is 5.94. The molecule has 0 aliphatic rings. The van der Waals surface area contributed by atoms with Crippen molar-refractivity contribution < 1.29 is 4.79 Å². The number of aromatic nitrogens is 3. The van der Waals surface area contributed by atoms with Crippen LogP contribution < -0.4 is 16.0 Å². The number of hydrogen-bond acceptors (Lipinski definition) is 6. The number of aryl methyl sites for hydroxylation is 2. The van der Waals surface area contributed by atoms with Crippen molar-refractivity contribution in [2.45, 2.75) is 13.8 Å². The molecule has 0 spiro atoms. The van der Waals surface area contributed by atoms with E-state index in [-0.39, 0.29) is 5.91 Å². The van der Waals surface area contributed by atoms with Crippen LogP contribution in [0, 0.1) is 13.8 Å². The van der Waals surface area contributed by atoms with Gasteiger partial charge in [0.2, 0.25) is 0 Å². The lowest BCUT2D eigenvalue weighted by Gasteiger charge is -2.10. The zero-order valence-electron chi connectivity index (χ0n) is 15.4. The molecule has 0 saturated carbocycles. The number of benzene rings is 1. The van der Waals surface area contributed by atoms with Gasteiger partial charge in [-0.3, -0.25) is 4.79 Å². The quantitative estimate of drug-likeness (QED) is 0.560. The molecule has 1 aromatic carbocycles. The molecule has 7 nitrogen and oxygen atoms in total. The van der Waals surface area contributed by atoms with E-state index in [1.807, 2.05) is 56.3 Å². The molecule has 0 fully saturated rings. The smallest absolute Gasteiger partial charge is 0.251 e. The predicted octanol–water partition coefficient (Wildman–Crippen LogP) is 3.07. The van der Waals surface area contributed by atoms with E-state index in [0.29, 0.717) is 41.9 Å². The van der Waals surface area contributed by atoms with E-state index >= 15 is 0 Å². The average Bonchev–Trinajstić information content (AvgIpc) is 2.65. The Morgan fingerprint density at radius 3 is 2.56 bits per heavy atom. The third-order valence-corrected chi connectivity index (χ3v) is 3.76. The minimum absolute atomic E-state index is 0.0862. The molecule has 0 bridgehead atoms. The summed E-state index contributed by atoms with van der Waals surface area (Å²) < 4.78 is 0. The Balaban J connectivity index is 1.53. The maximum absolute atomic E-state index is 12.1. The van der Waals surface area contributed by atoms with Crippen molar-refractivity contribution in [3.8, 4) is 0 Å². The summed E-state index contributed by atoms with van der Waals surface area (Å²) >= 11 is 0. The van der Waals surface area contributed by atoms with E-state index < -0.39 is 0 Å². The van der Waals surface area contributed by atoms with Crippen molar-refractivity contribution in [2.24, 2.45) is 0 Å². The molecule has 3 rings (SSSR count). The molecular weight excluding hydrogens is 340 g/mol. The SMILES string of the molecule is Cc1cccc(C(=O)NCCNc2cc(Nc3ccccn3)nc(C)n2)c1. The molecule has 2 heterocycles. The summed E-state index contributed by atoms with van der Waals surface area (Å²) in [6.07, 6.45) is 1.71. The third kappa shape index (κ3) is 5.50. The fraction of sp³-hybridized carbons (Fsp3) is 0.200. The number of hydrogen-bond donors (Lipinski definition) is 3. The van der Waals surface area contributed by atoms with Crippen molar-refractivity contribution in [1.29, 1.82) is 0 Å². The zero-order chi connectivity index (χ0) is 19.1. The Morgan fingerprint density at radius 1 is 0.926 bits per heavy atom. The number of anilines is 3. The third-order valence-electron chi connectivity index (χ3n) is 3.76. The van der Waals surface area contributed by atoms with Gasteiger partial charge in [-0.15, -0.1) is 0 Å². The second-order valence-corrected chi connectivity index (χ2v) is 6.08. The molecule has 27 heavy (non-hydrogen) atoms. The van der Waals surface area contributed by atoms with Crippen molar-refractivity contribution in [1.82, 2.24) is 20.3 Å². The molecule has 138 valence electrons. The fourth-order valence-corrected chi connectivity index (χ4v) is 2.55. The van der Waals surface area contributed by atoms with E-state index in [1.54, 1.807) is 12.3 Å². The van der Waals surface area contributed by atoms with Crippen molar-refractivity contribution in [2.75, 3.05) is 23.7 Å². The maximum Gasteiger partial charge on any atom is 0.251 e. The number of pyridine rings is 1. The summed E-state index contributed by atoms with van der Waals surface area (Å²) in [4.78, 5) is 25.1. The Kier molecular flexibility index (Phi) is 5.94. The molecular formula is C20H22N6O. The molecule has 0 saturated heterocycles. The second kappa shape index (κ2) is 8.75. The van der Waals surface area contributed by atoms with Gasteiger partial charge in [-0.05, 0) is 38.1 Å². The topological polar surface area (TPSA) is 91.8 Å². The van der Waals surface area contributed by atoms with E-state index in [9.17, 15) is 4.79 Å². The van der Waals surface area contributed by atoms with Crippen molar-refractivity contribution in [3.05, 3.63) is 71.7 Å². The number of rotatable bonds is 7. The van der Waals surface area contributed by atoms with Crippen LogP contribution in [0.25, 0.3) is 0 Å². The molecule has 0 aliphatic heterocycles. The van der Waals surface area contributed by atoms with E-state index in [4.69, 9.17) is 0 Å². The normalized spacial score (nSPS) is 10.3. The van der Waals surface area contributed by atoms with Crippen LogP contribution in [0.15, 0.2) is 54.7 Å². The van der Waals surface area contributed by atoms with Crippen LogP contribution >= 0.6 is 0 Å². The second-order valence-electron chi connectivity index (χ2n) is 6.08. The van der Waals surface area contributed by atoms with E-state index in [0.717, 1.165) is 5.56 Å². The monoisotopic (exact) mass is 362 g/mol. The maximum atomic E-state index is 12.1. The van der Waals surface area contributed by atoms with Crippen LogP contribution in [-0.2, 0) is 0 Å². The number of amides is 1. The van der Waals surface area contributed by atoms with Crippen molar-refractivity contribution in [3.63, 3.8) is 0 Å². The zero-order valence-corrected chi connectivity index (χ0v) is 15.4. The van der Waals surface area contributed by atoms with Gasteiger partial charge in [0.15, 0.2) is 0 Å². The molecule has 0 atom stereocenters. The molecule has 1 amide bonds. The van der Waals surface area contributed by atoms with Gasteiger partial charge in [0.1, 0.15) is 23.3 Å². The summed E-state index contributed by atoms with van der Waals surface area (Å²) in [5.41, 5.74) is 1.72. The average molecular weight is 362 g/mol. The van der Waals surface area contributed by atoms with Crippen LogP contribution in [0.5, 0.6) is 0 Å². The van der Waals surface area contributed by atoms with Crippen LogP contribution in [0.1, 0.15) is 21.7 Å². The summed E-state index contributed by atoms with van der Waals surface area (Å²) in [6.45, 7) is 4.83. The standard InChI is InChI=1S/C20H22N6O/c1-14-6-5-7-16(12-14)20(27)23-11-10-22-18-13-19(25-15(2)24-18)26-17-8-3-4-9-21-17/h3-9,12-13H,10-11H2,1-2H3,(H,23,27)(H2,21,22,24,25,26). The van der Waals surface area contributed by atoms with Gasteiger partial charge in [-0.25, -0.2) is 15.0 Å². The molecule has 3 N–H and O–H groups in total. The van der Waals surface area contributed by atoms with Gasteiger partial charge in [0.05, 0.1) is 0 Å². The van der Waals surface area contributed by atoms with Gasteiger partial charge in [-0.1, -0.05) is 23.8 Å². The number of nitrogens with zero attached hydrogens (tertiary/aromatic N) is 3. The van der Waals surface area contributed by atoms with Gasteiger partial charge in [0.25, 0.3) is 5.91 Å². The fourth-order valence-electron chi connectivity index (χ4n) is 2.55. The van der Waals surface area contributed by atoms with Crippen molar-refractivity contribution >= 4 is 23.4 Å². The van der Waals surface area contributed by atoms with Gasteiger partial charge in [0, 0.05) is 30.9 Å². The largest absolute Gasteiger partial charge is 0.368 e. The Bertz CT molecular complexity index is 913. The van der Waals surface area contributed by atoms with Gasteiger partial charge >= 0.3 is 0 Å². The molecule has 0 radical (unpaired) electrons. The van der Waals surface area contributed by atoms with Crippen LogP contribution in [0.4, 0.5) is 17.5 Å².